The number of ketones is 1. The first-order valence-electron chi connectivity index (χ1n) is 5.04. The minimum Gasteiger partial charge on any atom is -0.297 e. The van der Waals surface area contributed by atoms with Crippen molar-refractivity contribution in [2.75, 3.05) is 0 Å². The highest BCUT2D eigenvalue weighted by atomic mass is 16.1. The molecule has 3 heteroatoms. The van der Waals surface area contributed by atoms with E-state index in [9.17, 15) is 4.79 Å². The van der Waals surface area contributed by atoms with E-state index in [1.165, 1.54) is 5.56 Å². The molecule has 1 atom stereocenters. The SMILES string of the molecule is CCC(=O)C(C)n1nc(C)c(C)c1C. The lowest BCUT2D eigenvalue weighted by atomic mass is 10.1. The van der Waals surface area contributed by atoms with Crippen LogP contribution in [-0.4, -0.2) is 15.6 Å². The lowest BCUT2D eigenvalue weighted by molar-refractivity contribution is -0.121. The van der Waals surface area contributed by atoms with Crippen molar-refractivity contribution in [3.8, 4) is 0 Å². The van der Waals surface area contributed by atoms with Crippen LogP contribution in [0.15, 0.2) is 0 Å². The number of aryl methyl sites for hydroxylation is 1. The predicted octanol–water partition coefficient (Wildman–Crippen LogP) is 2.35. The number of carbonyl (C=O) groups is 1. The molecule has 78 valence electrons. The van der Waals surface area contributed by atoms with Gasteiger partial charge < -0.3 is 0 Å². The minimum absolute atomic E-state index is 0.132. The Morgan fingerprint density at radius 3 is 2.36 bits per heavy atom. The number of aromatic nitrogens is 2. The molecule has 1 rings (SSSR count). The van der Waals surface area contributed by atoms with E-state index in [0.717, 1.165) is 11.4 Å². The number of rotatable bonds is 3. The minimum atomic E-state index is -0.132. The van der Waals surface area contributed by atoms with Crippen LogP contribution in [0.3, 0.4) is 0 Å². The van der Waals surface area contributed by atoms with Gasteiger partial charge >= 0.3 is 0 Å². The summed E-state index contributed by atoms with van der Waals surface area (Å²) in [5, 5.41) is 4.37. The predicted molar refractivity (Wildman–Crippen MR) is 56.4 cm³/mol. The van der Waals surface area contributed by atoms with Crippen molar-refractivity contribution >= 4 is 5.78 Å². The Labute approximate surface area is 85.1 Å². The number of nitrogens with zero attached hydrogens (tertiary/aromatic N) is 2. The van der Waals surface area contributed by atoms with Gasteiger partial charge in [-0.05, 0) is 33.3 Å². The molecule has 0 amide bonds. The van der Waals surface area contributed by atoms with E-state index < -0.39 is 0 Å². The lowest BCUT2D eigenvalue weighted by Gasteiger charge is -2.11. The van der Waals surface area contributed by atoms with E-state index in [1.807, 2.05) is 39.3 Å². The molecule has 0 saturated heterocycles. The Bertz CT molecular complexity index is 352. The Balaban J connectivity index is 3.07. The number of Topliss-reactive ketones (excluding diaryl/α,β-unsaturated/α-hetero) is 1. The van der Waals surface area contributed by atoms with Crippen LogP contribution in [0.4, 0.5) is 0 Å². The highest BCUT2D eigenvalue weighted by Crippen LogP contribution is 2.17. The van der Waals surface area contributed by atoms with Gasteiger partial charge in [0.05, 0.1) is 5.69 Å². The summed E-state index contributed by atoms with van der Waals surface area (Å²) >= 11 is 0. The topological polar surface area (TPSA) is 34.9 Å². The van der Waals surface area contributed by atoms with Gasteiger partial charge in [-0.1, -0.05) is 6.92 Å². The monoisotopic (exact) mass is 194 g/mol. The van der Waals surface area contributed by atoms with Gasteiger partial charge in [0.25, 0.3) is 0 Å². The highest BCUT2D eigenvalue weighted by Gasteiger charge is 2.17. The molecule has 0 N–H and O–H groups in total. The van der Waals surface area contributed by atoms with Gasteiger partial charge in [-0.3, -0.25) is 9.48 Å². The second kappa shape index (κ2) is 3.95. The van der Waals surface area contributed by atoms with Crippen LogP contribution in [0.25, 0.3) is 0 Å². The fraction of sp³-hybridized carbons (Fsp3) is 0.636. The van der Waals surface area contributed by atoms with Crippen molar-refractivity contribution in [3.63, 3.8) is 0 Å². The molecule has 0 aliphatic rings. The molecule has 0 spiro atoms. The second-order valence-electron chi connectivity index (χ2n) is 3.74. The van der Waals surface area contributed by atoms with E-state index in [2.05, 4.69) is 5.10 Å². The van der Waals surface area contributed by atoms with Gasteiger partial charge in [-0.25, -0.2) is 0 Å². The van der Waals surface area contributed by atoms with Gasteiger partial charge in [-0.2, -0.15) is 5.10 Å². The molecular weight excluding hydrogens is 176 g/mol. The zero-order chi connectivity index (χ0) is 10.9. The average molecular weight is 194 g/mol. The summed E-state index contributed by atoms with van der Waals surface area (Å²) in [4.78, 5) is 11.5. The first-order valence-corrected chi connectivity index (χ1v) is 5.04. The molecule has 1 aromatic heterocycles. The van der Waals surface area contributed by atoms with E-state index >= 15 is 0 Å². The molecule has 1 unspecified atom stereocenters. The standard InChI is InChI=1S/C11H18N2O/c1-6-11(14)10(5)13-9(4)7(2)8(3)12-13/h10H,6H2,1-5H3. The zero-order valence-electron chi connectivity index (χ0n) is 9.59. The van der Waals surface area contributed by atoms with Gasteiger partial charge in [0, 0.05) is 12.1 Å². The van der Waals surface area contributed by atoms with Crippen molar-refractivity contribution in [2.24, 2.45) is 0 Å². The second-order valence-corrected chi connectivity index (χ2v) is 3.74. The van der Waals surface area contributed by atoms with Crippen LogP contribution in [0.5, 0.6) is 0 Å². The average Bonchev–Trinajstić information content (AvgIpc) is 2.43. The summed E-state index contributed by atoms with van der Waals surface area (Å²) < 4.78 is 1.83. The summed E-state index contributed by atoms with van der Waals surface area (Å²) in [5.41, 5.74) is 3.29. The maximum absolute atomic E-state index is 11.5. The summed E-state index contributed by atoms with van der Waals surface area (Å²) in [7, 11) is 0. The largest absolute Gasteiger partial charge is 0.297 e. The lowest BCUT2D eigenvalue weighted by Crippen LogP contribution is -2.18. The molecular formula is C11H18N2O. The third kappa shape index (κ3) is 1.72. The summed E-state index contributed by atoms with van der Waals surface area (Å²) in [5.74, 6) is 0.232. The van der Waals surface area contributed by atoms with Gasteiger partial charge in [-0.15, -0.1) is 0 Å². The normalized spacial score (nSPS) is 12.9. The molecule has 0 aliphatic heterocycles. The Morgan fingerprint density at radius 1 is 1.43 bits per heavy atom. The number of hydrogen-bond acceptors (Lipinski definition) is 2. The fourth-order valence-corrected chi connectivity index (χ4v) is 1.55. The van der Waals surface area contributed by atoms with Crippen molar-refractivity contribution in [2.45, 2.75) is 47.1 Å². The Morgan fingerprint density at radius 2 is 2.00 bits per heavy atom. The van der Waals surface area contributed by atoms with Crippen molar-refractivity contribution in [3.05, 3.63) is 17.0 Å². The molecule has 1 aromatic rings. The van der Waals surface area contributed by atoms with Crippen LogP contribution in [-0.2, 0) is 4.79 Å². The Kier molecular flexibility index (Phi) is 3.09. The van der Waals surface area contributed by atoms with Crippen LogP contribution in [0, 0.1) is 20.8 Å². The smallest absolute Gasteiger partial charge is 0.156 e. The van der Waals surface area contributed by atoms with Crippen LogP contribution < -0.4 is 0 Å². The van der Waals surface area contributed by atoms with E-state index in [-0.39, 0.29) is 11.8 Å². The van der Waals surface area contributed by atoms with E-state index in [1.54, 1.807) is 0 Å². The molecule has 0 radical (unpaired) electrons. The van der Waals surface area contributed by atoms with E-state index in [0.29, 0.717) is 6.42 Å². The molecule has 1 heterocycles. The molecule has 14 heavy (non-hydrogen) atoms. The maximum Gasteiger partial charge on any atom is 0.156 e. The summed E-state index contributed by atoms with van der Waals surface area (Å²) in [6.45, 7) is 9.82. The summed E-state index contributed by atoms with van der Waals surface area (Å²) in [6, 6.07) is -0.132. The zero-order valence-corrected chi connectivity index (χ0v) is 9.59. The quantitative estimate of drug-likeness (QED) is 0.740. The summed E-state index contributed by atoms with van der Waals surface area (Å²) in [6.07, 6.45) is 0.568. The number of carbonyl (C=O) groups excluding carboxylic acids is 1. The molecule has 0 aliphatic carbocycles. The molecule has 0 aromatic carbocycles. The van der Waals surface area contributed by atoms with Crippen LogP contribution in [0.2, 0.25) is 0 Å². The number of hydrogen-bond donors (Lipinski definition) is 0. The fourth-order valence-electron chi connectivity index (χ4n) is 1.55. The molecule has 3 nitrogen and oxygen atoms in total. The molecule has 0 saturated carbocycles. The van der Waals surface area contributed by atoms with Crippen molar-refractivity contribution in [1.29, 1.82) is 0 Å². The third-order valence-electron chi connectivity index (χ3n) is 2.87. The molecule has 0 fully saturated rings. The first-order chi connectivity index (χ1) is 6.49. The van der Waals surface area contributed by atoms with E-state index in [4.69, 9.17) is 0 Å². The first kappa shape index (κ1) is 11.0. The van der Waals surface area contributed by atoms with Crippen molar-refractivity contribution < 1.29 is 4.79 Å². The highest BCUT2D eigenvalue weighted by molar-refractivity contribution is 5.81. The molecule has 0 bridgehead atoms. The van der Waals surface area contributed by atoms with Gasteiger partial charge in [0.1, 0.15) is 6.04 Å². The van der Waals surface area contributed by atoms with Crippen molar-refractivity contribution in [1.82, 2.24) is 9.78 Å². The van der Waals surface area contributed by atoms with Gasteiger partial charge in [0.2, 0.25) is 0 Å². The van der Waals surface area contributed by atoms with Gasteiger partial charge in [0.15, 0.2) is 5.78 Å². The maximum atomic E-state index is 11.5. The van der Waals surface area contributed by atoms with Crippen LogP contribution in [0.1, 0.15) is 43.3 Å². The Hall–Kier alpha value is -1.12. The van der Waals surface area contributed by atoms with Crippen LogP contribution >= 0.6 is 0 Å². The third-order valence-corrected chi connectivity index (χ3v) is 2.87.